The largest absolute Gasteiger partial charge is 0.524 e. The van der Waals surface area contributed by atoms with Gasteiger partial charge in [0, 0.05) is 29.2 Å². The number of hydrogen-bond donors (Lipinski definition) is 0. The lowest BCUT2D eigenvalue weighted by Crippen LogP contribution is -2.28. The molecule has 0 atom stereocenters. The first kappa shape index (κ1) is 24.9. The van der Waals surface area contributed by atoms with Gasteiger partial charge in [-0.2, -0.15) is 25.2 Å². The number of hydrogen-bond acceptors (Lipinski definition) is 3. The molecular formula is C19H9F9O3S2. The Kier molecular flexibility index (Phi) is 6.47. The normalized spacial score (nSPS) is 13.2. The summed E-state index contributed by atoms with van der Waals surface area (Å²) in [4.78, 5) is -4.26. The van der Waals surface area contributed by atoms with Crippen molar-refractivity contribution in [1.82, 2.24) is 0 Å². The molecule has 178 valence electrons. The van der Waals surface area contributed by atoms with E-state index in [2.05, 4.69) is 3.63 Å². The van der Waals surface area contributed by atoms with Gasteiger partial charge in [0.2, 0.25) is 0 Å². The Hall–Kier alpha value is -2.71. The van der Waals surface area contributed by atoms with Crippen molar-refractivity contribution in [3.05, 3.63) is 89.5 Å². The summed E-state index contributed by atoms with van der Waals surface area (Å²) in [6.45, 7) is 0. The van der Waals surface area contributed by atoms with Gasteiger partial charge >= 0.3 is 15.6 Å². The molecule has 0 amide bonds. The molecule has 14 heteroatoms. The minimum atomic E-state index is -6.80. The molecule has 0 aliphatic carbocycles. The molecular weight excluding hydrogens is 511 g/mol. The van der Waals surface area contributed by atoms with Gasteiger partial charge in [-0.3, -0.25) is 0 Å². The van der Waals surface area contributed by atoms with E-state index < -0.39 is 75.5 Å². The molecule has 3 rings (SSSR count). The maximum Gasteiger partial charge on any atom is 0.524 e. The number of rotatable bonds is 5. The van der Waals surface area contributed by atoms with Crippen molar-refractivity contribution in [2.24, 2.45) is 0 Å². The van der Waals surface area contributed by atoms with E-state index >= 15 is 0 Å². The first-order chi connectivity index (χ1) is 15.2. The Morgan fingerprint density at radius 1 is 0.636 bits per heavy atom. The summed E-state index contributed by atoms with van der Waals surface area (Å²) in [5.74, 6) is -11.2. The Labute approximate surface area is 182 Å². The molecule has 0 saturated carbocycles. The smallest absolute Gasteiger partial charge is 0.207 e. The van der Waals surface area contributed by atoms with Gasteiger partial charge in [0.25, 0.3) is 0 Å². The summed E-state index contributed by atoms with van der Waals surface area (Å²) in [6, 6.07) is 4.69. The van der Waals surface area contributed by atoms with Crippen LogP contribution < -0.4 is 0 Å². The minimum absolute atomic E-state index is 0.0496. The highest BCUT2D eigenvalue weighted by atomic mass is 32.3. The van der Waals surface area contributed by atoms with Gasteiger partial charge in [-0.05, 0) is 22.4 Å². The molecule has 0 radical (unpaired) electrons. The van der Waals surface area contributed by atoms with Gasteiger partial charge in [0.15, 0.2) is 0 Å². The van der Waals surface area contributed by atoms with Crippen molar-refractivity contribution in [2.75, 3.05) is 0 Å². The van der Waals surface area contributed by atoms with Crippen molar-refractivity contribution in [1.29, 1.82) is 0 Å². The third-order valence-electron chi connectivity index (χ3n) is 4.05. The molecule has 0 bridgehead atoms. The molecule has 3 aromatic carbocycles. The third kappa shape index (κ3) is 4.42. The van der Waals surface area contributed by atoms with Crippen LogP contribution in [0.5, 0.6) is 0 Å². The fourth-order valence-electron chi connectivity index (χ4n) is 2.84. The van der Waals surface area contributed by atoms with E-state index in [1.807, 2.05) is 0 Å². The molecule has 0 N–H and O–H groups in total. The monoisotopic (exact) mass is 520 g/mol. The van der Waals surface area contributed by atoms with E-state index in [1.54, 1.807) is 0 Å². The Bertz CT molecular complexity index is 1210. The summed E-state index contributed by atoms with van der Waals surface area (Å²) < 4.78 is 155. The molecule has 33 heavy (non-hydrogen) atoms. The lowest BCUT2D eigenvalue weighted by molar-refractivity contribution is -0.0496. The second-order valence-corrected chi connectivity index (χ2v) is 10.6. The van der Waals surface area contributed by atoms with Gasteiger partial charge in [-0.15, -0.1) is 0 Å². The Morgan fingerprint density at radius 2 is 1.00 bits per heavy atom. The highest BCUT2D eigenvalue weighted by molar-refractivity contribution is 8.33. The topological polar surface area (TPSA) is 43.4 Å². The first-order valence-electron chi connectivity index (χ1n) is 8.40. The maximum atomic E-state index is 14.9. The van der Waals surface area contributed by atoms with Crippen LogP contribution in [0, 0.1) is 34.9 Å². The van der Waals surface area contributed by atoms with Crippen molar-refractivity contribution in [2.45, 2.75) is 20.2 Å². The van der Waals surface area contributed by atoms with Crippen molar-refractivity contribution in [3.8, 4) is 0 Å². The van der Waals surface area contributed by atoms with E-state index in [0.29, 0.717) is 0 Å². The second-order valence-electron chi connectivity index (χ2n) is 6.23. The molecule has 0 aromatic heterocycles. The molecule has 0 aliphatic rings. The van der Waals surface area contributed by atoms with Crippen LogP contribution in [0.3, 0.4) is 0 Å². The number of alkyl halides is 3. The summed E-state index contributed by atoms with van der Waals surface area (Å²) in [7, 11) is -12.0. The van der Waals surface area contributed by atoms with Crippen LogP contribution in [0.1, 0.15) is 0 Å². The molecule has 0 fully saturated rings. The van der Waals surface area contributed by atoms with Crippen LogP contribution >= 0.6 is 10.3 Å². The van der Waals surface area contributed by atoms with Gasteiger partial charge in [0.05, 0.1) is 9.79 Å². The standard InChI is InChI=1S/C19H9F9O3S2/c20-10-6-13(22)17(14(23)7-10)32(12-4-2-1-3-5-12,31-33(29,30)19(26,27)28)18-15(24)8-11(21)9-16(18)25/h1-9H. The molecule has 0 aliphatic heterocycles. The zero-order valence-electron chi connectivity index (χ0n) is 15.6. The molecule has 0 unspecified atom stereocenters. The van der Waals surface area contributed by atoms with Gasteiger partial charge < -0.3 is 0 Å². The zero-order valence-corrected chi connectivity index (χ0v) is 17.3. The summed E-state index contributed by atoms with van der Waals surface area (Å²) in [6.07, 6.45) is 0. The van der Waals surface area contributed by atoms with Crippen molar-refractivity contribution < 1.29 is 51.6 Å². The van der Waals surface area contributed by atoms with Crippen LogP contribution in [0.2, 0.25) is 0 Å². The summed E-state index contributed by atoms with van der Waals surface area (Å²) >= 11 is 0. The quantitative estimate of drug-likeness (QED) is 0.282. The van der Waals surface area contributed by atoms with Gasteiger partial charge in [-0.25, -0.2) is 26.3 Å². The molecule has 0 spiro atoms. The van der Waals surface area contributed by atoms with Gasteiger partial charge in [0.1, 0.15) is 34.9 Å². The average Bonchev–Trinajstić information content (AvgIpc) is 2.65. The van der Waals surface area contributed by atoms with E-state index in [4.69, 9.17) is 0 Å². The van der Waals surface area contributed by atoms with Gasteiger partial charge in [-0.1, -0.05) is 18.2 Å². The number of halogens is 9. The van der Waals surface area contributed by atoms with E-state index in [9.17, 15) is 47.9 Å². The zero-order chi connectivity index (χ0) is 24.8. The van der Waals surface area contributed by atoms with Crippen LogP contribution in [0.25, 0.3) is 0 Å². The average molecular weight is 520 g/mol. The van der Waals surface area contributed by atoms with Crippen LogP contribution in [-0.2, 0) is 13.7 Å². The van der Waals surface area contributed by atoms with Crippen molar-refractivity contribution >= 4 is 20.4 Å². The van der Waals surface area contributed by atoms with Crippen LogP contribution in [0.4, 0.5) is 39.5 Å². The molecule has 3 aromatic rings. The predicted octanol–water partition coefficient (Wildman–Crippen LogP) is 6.58. The lowest BCUT2D eigenvalue weighted by Gasteiger charge is -2.39. The Morgan fingerprint density at radius 3 is 1.33 bits per heavy atom. The first-order valence-corrected chi connectivity index (χ1v) is 11.4. The predicted molar refractivity (Wildman–Crippen MR) is 97.5 cm³/mol. The third-order valence-corrected chi connectivity index (χ3v) is 9.02. The minimum Gasteiger partial charge on any atom is -0.207 e. The van der Waals surface area contributed by atoms with Crippen molar-refractivity contribution in [3.63, 3.8) is 0 Å². The summed E-state index contributed by atoms with van der Waals surface area (Å²) in [5, 5.41) is 0. The molecule has 3 nitrogen and oxygen atoms in total. The maximum absolute atomic E-state index is 14.9. The summed E-state index contributed by atoms with van der Waals surface area (Å²) in [5.41, 5.74) is -6.21. The highest BCUT2D eigenvalue weighted by Crippen LogP contribution is 2.72. The van der Waals surface area contributed by atoms with E-state index in [0.717, 1.165) is 24.3 Å². The van der Waals surface area contributed by atoms with Crippen LogP contribution in [-0.4, -0.2) is 13.9 Å². The molecule has 0 saturated heterocycles. The SMILES string of the molecule is O=S(=O)(OS(c1ccccc1)(c1c(F)cc(F)cc1F)c1c(F)cc(F)cc1F)C(F)(F)F. The Balaban J connectivity index is 2.62. The number of benzene rings is 3. The fourth-order valence-corrected chi connectivity index (χ4v) is 7.63. The highest BCUT2D eigenvalue weighted by Gasteiger charge is 2.55. The van der Waals surface area contributed by atoms with E-state index in [1.165, 1.54) is 6.07 Å². The molecule has 0 heterocycles. The fraction of sp³-hybridized carbons (Fsp3) is 0.0526. The second kappa shape index (κ2) is 8.57. The lowest BCUT2D eigenvalue weighted by atomic mass is 10.3. The van der Waals surface area contributed by atoms with Crippen LogP contribution in [0.15, 0.2) is 69.3 Å². The van der Waals surface area contributed by atoms with E-state index in [-0.39, 0.29) is 24.3 Å².